The van der Waals surface area contributed by atoms with E-state index in [9.17, 15) is 4.79 Å². The van der Waals surface area contributed by atoms with Crippen LogP contribution in [0.1, 0.15) is 17.4 Å². The van der Waals surface area contributed by atoms with E-state index < -0.39 is 0 Å². The number of ether oxygens (including phenoxy) is 2. The maximum absolute atomic E-state index is 11.8. The van der Waals surface area contributed by atoms with Gasteiger partial charge in [0.15, 0.2) is 0 Å². The molecule has 2 heterocycles. The van der Waals surface area contributed by atoms with Gasteiger partial charge in [-0.2, -0.15) is 0 Å². The summed E-state index contributed by atoms with van der Waals surface area (Å²) in [4.78, 5) is 19.3. The Balaban J connectivity index is 1.63. The van der Waals surface area contributed by atoms with Crippen LogP contribution in [0.15, 0.2) is 48.5 Å². The second kappa shape index (κ2) is 5.98. The highest BCUT2D eigenvalue weighted by molar-refractivity contribution is 7.20. The highest BCUT2D eigenvalue weighted by Crippen LogP contribution is 2.32. The summed E-state index contributed by atoms with van der Waals surface area (Å²) in [7, 11) is 0. The third kappa shape index (κ3) is 2.72. The number of aromatic nitrogens is 2. The van der Waals surface area contributed by atoms with Crippen molar-refractivity contribution in [3.63, 3.8) is 0 Å². The van der Waals surface area contributed by atoms with E-state index in [1.807, 2.05) is 42.5 Å². The number of nitrogens with one attached hydrogen (secondary N) is 1. The third-order valence-corrected chi connectivity index (χ3v) is 4.48. The molecule has 0 amide bonds. The minimum absolute atomic E-state index is 0.347. The second-order valence-electron chi connectivity index (χ2n) is 5.20. The first-order chi connectivity index (χ1) is 11.7. The van der Waals surface area contributed by atoms with E-state index >= 15 is 0 Å². The van der Waals surface area contributed by atoms with Crippen LogP contribution in [0.4, 0.5) is 0 Å². The maximum atomic E-state index is 11.8. The van der Waals surface area contributed by atoms with Crippen LogP contribution in [0.3, 0.4) is 0 Å². The van der Waals surface area contributed by atoms with Crippen LogP contribution in [-0.4, -0.2) is 22.5 Å². The SMILES string of the molecule is CCOC(=O)c1cc2cc(Oc3nc4ccccc4s3)ccc2[nH]1. The van der Waals surface area contributed by atoms with E-state index in [0.717, 1.165) is 21.1 Å². The van der Waals surface area contributed by atoms with Crippen molar-refractivity contribution in [3.05, 3.63) is 54.2 Å². The molecule has 0 fully saturated rings. The van der Waals surface area contributed by atoms with Crippen LogP contribution >= 0.6 is 11.3 Å². The average Bonchev–Trinajstić information content (AvgIpc) is 3.17. The number of carbonyl (C=O) groups excluding carboxylic acids is 1. The Morgan fingerprint density at radius 2 is 2.08 bits per heavy atom. The molecule has 0 unspecified atom stereocenters. The second-order valence-corrected chi connectivity index (χ2v) is 6.20. The molecule has 1 N–H and O–H groups in total. The van der Waals surface area contributed by atoms with Gasteiger partial charge in [-0.1, -0.05) is 23.5 Å². The number of carbonyl (C=O) groups is 1. The molecule has 0 aliphatic heterocycles. The molecule has 4 aromatic rings. The van der Waals surface area contributed by atoms with Crippen molar-refractivity contribution in [1.29, 1.82) is 0 Å². The van der Waals surface area contributed by atoms with Gasteiger partial charge in [0.2, 0.25) is 0 Å². The van der Waals surface area contributed by atoms with Crippen LogP contribution in [0.2, 0.25) is 0 Å². The fourth-order valence-corrected chi connectivity index (χ4v) is 3.32. The molecule has 5 nitrogen and oxygen atoms in total. The summed E-state index contributed by atoms with van der Waals surface area (Å²) in [6.45, 7) is 2.13. The van der Waals surface area contributed by atoms with Gasteiger partial charge >= 0.3 is 5.97 Å². The molecule has 0 spiro atoms. The van der Waals surface area contributed by atoms with Gasteiger partial charge in [-0.25, -0.2) is 9.78 Å². The summed E-state index contributed by atoms with van der Waals surface area (Å²) in [6, 6.07) is 15.3. The fourth-order valence-electron chi connectivity index (χ4n) is 2.49. The molecule has 0 atom stereocenters. The van der Waals surface area contributed by atoms with Gasteiger partial charge in [-0.15, -0.1) is 0 Å². The van der Waals surface area contributed by atoms with Crippen molar-refractivity contribution < 1.29 is 14.3 Å². The van der Waals surface area contributed by atoms with Crippen molar-refractivity contribution >= 4 is 38.4 Å². The molecule has 0 saturated heterocycles. The first-order valence-electron chi connectivity index (χ1n) is 7.56. The molecule has 24 heavy (non-hydrogen) atoms. The molecule has 0 bridgehead atoms. The smallest absolute Gasteiger partial charge is 0.354 e. The van der Waals surface area contributed by atoms with Crippen molar-refractivity contribution in [2.45, 2.75) is 6.92 Å². The van der Waals surface area contributed by atoms with Gasteiger partial charge in [0.25, 0.3) is 5.19 Å². The fraction of sp³-hybridized carbons (Fsp3) is 0.111. The molecule has 2 aromatic heterocycles. The van der Waals surface area contributed by atoms with E-state index in [1.54, 1.807) is 13.0 Å². The average molecular weight is 338 g/mol. The number of nitrogens with zero attached hydrogens (tertiary/aromatic N) is 1. The van der Waals surface area contributed by atoms with Crippen molar-refractivity contribution in [2.24, 2.45) is 0 Å². The zero-order valence-electron chi connectivity index (χ0n) is 12.9. The number of hydrogen-bond acceptors (Lipinski definition) is 5. The van der Waals surface area contributed by atoms with Crippen LogP contribution in [0.5, 0.6) is 10.9 Å². The summed E-state index contributed by atoms with van der Waals surface area (Å²) in [5, 5.41) is 1.48. The predicted molar refractivity (Wildman–Crippen MR) is 93.9 cm³/mol. The molecule has 120 valence electrons. The predicted octanol–water partition coefficient (Wildman–Crippen LogP) is 4.75. The van der Waals surface area contributed by atoms with Gasteiger partial charge in [0.1, 0.15) is 11.4 Å². The number of H-pyrrole nitrogens is 1. The summed E-state index contributed by atoms with van der Waals surface area (Å²) < 4.78 is 12.0. The van der Waals surface area contributed by atoms with Crippen LogP contribution < -0.4 is 4.74 Å². The Morgan fingerprint density at radius 3 is 2.92 bits per heavy atom. The topological polar surface area (TPSA) is 64.2 Å². The van der Waals surface area contributed by atoms with Crippen molar-refractivity contribution in [2.75, 3.05) is 6.61 Å². The van der Waals surface area contributed by atoms with E-state index in [1.165, 1.54) is 11.3 Å². The zero-order chi connectivity index (χ0) is 16.5. The van der Waals surface area contributed by atoms with Gasteiger partial charge in [0.05, 0.1) is 16.8 Å². The number of benzene rings is 2. The van der Waals surface area contributed by atoms with Gasteiger partial charge in [-0.3, -0.25) is 0 Å². The lowest BCUT2D eigenvalue weighted by Crippen LogP contribution is -2.04. The molecule has 0 aliphatic carbocycles. The number of fused-ring (bicyclic) bond motifs is 2. The molecule has 6 heteroatoms. The van der Waals surface area contributed by atoms with E-state index in [-0.39, 0.29) is 5.97 Å². The Morgan fingerprint density at radius 1 is 1.21 bits per heavy atom. The Kier molecular flexibility index (Phi) is 3.66. The molecule has 0 aliphatic rings. The number of rotatable bonds is 4. The standard InChI is InChI=1S/C18H14N2O3S/c1-2-22-17(21)15-10-11-9-12(7-8-13(11)19-15)23-18-20-14-5-3-4-6-16(14)24-18/h3-10,19H,2H2,1H3. The first kappa shape index (κ1) is 14.7. The lowest BCUT2D eigenvalue weighted by Gasteiger charge is -2.00. The highest BCUT2D eigenvalue weighted by Gasteiger charge is 2.11. The zero-order valence-corrected chi connectivity index (χ0v) is 13.7. The lowest BCUT2D eigenvalue weighted by molar-refractivity contribution is 0.0520. The largest absolute Gasteiger partial charge is 0.461 e. The highest BCUT2D eigenvalue weighted by atomic mass is 32.1. The lowest BCUT2D eigenvalue weighted by atomic mass is 10.2. The molecule has 0 saturated carbocycles. The van der Waals surface area contributed by atoms with Crippen molar-refractivity contribution in [1.82, 2.24) is 9.97 Å². The third-order valence-electron chi connectivity index (χ3n) is 3.57. The minimum Gasteiger partial charge on any atom is -0.461 e. The Bertz CT molecular complexity index is 1000. The number of thiazole rings is 1. The first-order valence-corrected chi connectivity index (χ1v) is 8.38. The Hall–Kier alpha value is -2.86. The van der Waals surface area contributed by atoms with Crippen molar-refractivity contribution in [3.8, 4) is 10.9 Å². The van der Waals surface area contributed by atoms with E-state index in [0.29, 0.717) is 23.2 Å². The van der Waals surface area contributed by atoms with Crippen LogP contribution in [0.25, 0.3) is 21.1 Å². The molecule has 2 aromatic carbocycles. The molecular formula is C18H14N2O3S. The van der Waals surface area contributed by atoms with Crippen LogP contribution in [-0.2, 0) is 4.74 Å². The number of para-hydroxylation sites is 1. The van der Waals surface area contributed by atoms with E-state index in [4.69, 9.17) is 9.47 Å². The summed E-state index contributed by atoms with van der Waals surface area (Å²) >= 11 is 1.50. The summed E-state index contributed by atoms with van der Waals surface area (Å²) in [5.41, 5.74) is 2.21. The maximum Gasteiger partial charge on any atom is 0.354 e. The van der Waals surface area contributed by atoms with Crippen LogP contribution in [0, 0.1) is 0 Å². The molecule has 0 radical (unpaired) electrons. The minimum atomic E-state index is -0.359. The van der Waals surface area contributed by atoms with Gasteiger partial charge < -0.3 is 14.5 Å². The molecular weight excluding hydrogens is 324 g/mol. The number of esters is 1. The Labute approximate surface area is 141 Å². The summed E-state index contributed by atoms with van der Waals surface area (Å²) in [6.07, 6.45) is 0. The molecule has 4 rings (SSSR count). The number of hydrogen-bond donors (Lipinski definition) is 1. The van der Waals surface area contributed by atoms with Gasteiger partial charge in [0, 0.05) is 10.9 Å². The quantitative estimate of drug-likeness (QED) is 0.546. The number of aromatic amines is 1. The normalized spacial score (nSPS) is 11.0. The van der Waals surface area contributed by atoms with Gasteiger partial charge in [-0.05, 0) is 43.3 Å². The monoisotopic (exact) mass is 338 g/mol. The van der Waals surface area contributed by atoms with E-state index in [2.05, 4.69) is 9.97 Å². The summed E-state index contributed by atoms with van der Waals surface area (Å²) in [5.74, 6) is 0.318.